The van der Waals surface area contributed by atoms with Crippen LogP contribution in [0.2, 0.25) is 0 Å². The van der Waals surface area contributed by atoms with Crippen molar-refractivity contribution in [1.82, 2.24) is 9.62 Å². The van der Waals surface area contributed by atoms with E-state index in [1.165, 1.54) is 29.3 Å². The van der Waals surface area contributed by atoms with Crippen LogP contribution in [0.4, 0.5) is 5.69 Å². The first-order valence-electron chi connectivity index (χ1n) is 10.8. The van der Waals surface area contributed by atoms with Crippen LogP contribution < -0.4 is 15.4 Å². The molecule has 8 nitrogen and oxygen atoms in total. The first-order valence-corrected chi connectivity index (χ1v) is 12.2. The Morgan fingerprint density at radius 3 is 2.47 bits per heavy atom. The van der Waals surface area contributed by atoms with Crippen molar-refractivity contribution in [3.8, 4) is 5.75 Å². The summed E-state index contributed by atoms with van der Waals surface area (Å²) < 4.78 is 32.8. The van der Waals surface area contributed by atoms with E-state index in [-0.39, 0.29) is 35.3 Å². The highest BCUT2D eigenvalue weighted by molar-refractivity contribution is 7.89. The number of rotatable bonds is 4. The van der Waals surface area contributed by atoms with E-state index in [1.807, 2.05) is 0 Å². The van der Waals surface area contributed by atoms with Crippen LogP contribution >= 0.6 is 0 Å². The molecule has 2 heterocycles. The number of ether oxygens (including phenoxy) is 1. The normalized spacial score (nSPS) is 21.8. The molecule has 0 spiro atoms. The Bertz CT molecular complexity index is 901. The number of amides is 2. The molecule has 1 aromatic rings. The molecular formula is C21H29N3O5S. The van der Waals surface area contributed by atoms with Gasteiger partial charge in [-0.15, -0.1) is 0 Å². The van der Waals surface area contributed by atoms with Crippen molar-refractivity contribution in [2.75, 3.05) is 25.0 Å². The number of nitrogens with one attached hydrogen (secondary N) is 2. The highest BCUT2D eigenvalue weighted by Gasteiger charge is 2.33. The number of anilines is 1. The van der Waals surface area contributed by atoms with Gasteiger partial charge in [-0.3, -0.25) is 9.59 Å². The quantitative estimate of drug-likeness (QED) is 0.706. The van der Waals surface area contributed by atoms with E-state index in [0.29, 0.717) is 37.4 Å². The van der Waals surface area contributed by atoms with Crippen LogP contribution in [0.25, 0.3) is 0 Å². The number of fused-ring (bicyclic) bond motifs is 1. The standard InChI is InChI=1S/C21H29N3O5S/c25-20-14-29-19-8-7-17(13-18(19)23-20)30(27,28)24-11-9-15(10-12-24)21(26)22-16-5-3-1-2-4-6-16/h7-8,13,15-16H,1-6,9-12,14H2,(H,22,26)(H,23,25). The average molecular weight is 436 g/mol. The molecule has 2 N–H and O–H groups in total. The van der Waals surface area contributed by atoms with Crippen molar-refractivity contribution in [2.45, 2.75) is 62.3 Å². The van der Waals surface area contributed by atoms with Crippen LogP contribution in [0.1, 0.15) is 51.4 Å². The van der Waals surface area contributed by atoms with E-state index in [2.05, 4.69) is 10.6 Å². The van der Waals surface area contributed by atoms with Crippen LogP contribution in [-0.2, 0) is 19.6 Å². The summed E-state index contributed by atoms with van der Waals surface area (Å²) in [5, 5.41) is 5.83. The topological polar surface area (TPSA) is 105 Å². The van der Waals surface area contributed by atoms with E-state index in [4.69, 9.17) is 4.74 Å². The first kappa shape index (κ1) is 21.1. The Morgan fingerprint density at radius 1 is 1.07 bits per heavy atom. The fourth-order valence-electron chi connectivity index (χ4n) is 4.47. The summed E-state index contributed by atoms with van der Waals surface area (Å²) in [6.07, 6.45) is 7.91. The molecule has 4 rings (SSSR count). The summed E-state index contributed by atoms with van der Waals surface area (Å²) in [7, 11) is -3.70. The lowest BCUT2D eigenvalue weighted by Crippen LogP contribution is -2.45. The second-order valence-electron chi connectivity index (χ2n) is 8.37. The monoisotopic (exact) mass is 435 g/mol. The average Bonchev–Trinajstić information content (AvgIpc) is 3.02. The van der Waals surface area contributed by atoms with E-state index < -0.39 is 10.0 Å². The number of nitrogens with zero attached hydrogens (tertiary/aromatic N) is 1. The third kappa shape index (κ3) is 4.62. The smallest absolute Gasteiger partial charge is 0.262 e. The maximum atomic E-state index is 13.1. The third-order valence-electron chi connectivity index (χ3n) is 6.25. The molecule has 1 saturated heterocycles. The summed E-state index contributed by atoms with van der Waals surface area (Å²) in [4.78, 5) is 24.3. The molecule has 2 aliphatic heterocycles. The molecule has 3 aliphatic rings. The second-order valence-corrected chi connectivity index (χ2v) is 10.3. The maximum absolute atomic E-state index is 13.1. The van der Waals surface area contributed by atoms with Crippen molar-refractivity contribution in [1.29, 1.82) is 0 Å². The van der Waals surface area contributed by atoms with Gasteiger partial charge in [0.25, 0.3) is 5.91 Å². The summed E-state index contributed by atoms with van der Waals surface area (Å²) in [5.41, 5.74) is 0.366. The van der Waals surface area contributed by atoms with Gasteiger partial charge in [-0.05, 0) is 43.9 Å². The summed E-state index contributed by atoms with van der Waals surface area (Å²) in [6, 6.07) is 4.76. The number of sulfonamides is 1. The molecule has 164 valence electrons. The van der Waals surface area contributed by atoms with Crippen molar-refractivity contribution in [2.24, 2.45) is 5.92 Å². The molecule has 0 aromatic heterocycles. The Hall–Kier alpha value is -2.13. The minimum atomic E-state index is -3.70. The lowest BCUT2D eigenvalue weighted by atomic mass is 9.96. The number of hydrogen-bond acceptors (Lipinski definition) is 5. The van der Waals surface area contributed by atoms with E-state index >= 15 is 0 Å². The highest BCUT2D eigenvalue weighted by Crippen LogP contribution is 2.32. The summed E-state index contributed by atoms with van der Waals surface area (Å²) in [6.45, 7) is 0.547. The predicted octanol–water partition coefficient (Wildman–Crippen LogP) is 2.26. The molecule has 2 fully saturated rings. The SMILES string of the molecule is O=C1COc2ccc(S(=O)(=O)N3CCC(C(=O)NC4CCCCCC4)CC3)cc2N1. The van der Waals surface area contributed by atoms with Crippen LogP contribution in [-0.4, -0.2) is 50.3 Å². The van der Waals surface area contributed by atoms with Crippen LogP contribution in [0.3, 0.4) is 0 Å². The molecule has 0 atom stereocenters. The molecule has 1 saturated carbocycles. The van der Waals surface area contributed by atoms with Gasteiger partial charge in [0.1, 0.15) is 5.75 Å². The molecule has 2 amide bonds. The minimum absolute atomic E-state index is 0.0626. The molecular weight excluding hydrogens is 406 g/mol. The Labute approximate surface area is 177 Å². The van der Waals surface area contributed by atoms with Gasteiger partial charge >= 0.3 is 0 Å². The van der Waals surface area contributed by atoms with Crippen molar-refractivity contribution >= 4 is 27.5 Å². The van der Waals surface area contributed by atoms with Crippen molar-refractivity contribution < 1.29 is 22.7 Å². The summed E-state index contributed by atoms with van der Waals surface area (Å²) in [5.74, 6) is 0.0727. The van der Waals surface area contributed by atoms with Gasteiger partial charge in [-0.25, -0.2) is 8.42 Å². The highest BCUT2D eigenvalue weighted by atomic mass is 32.2. The number of carbonyl (C=O) groups is 2. The zero-order valence-corrected chi connectivity index (χ0v) is 17.9. The number of piperidine rings is 1. The zero-order chi connectivity index (χ0) is 21.1. The third-order valence-corrected chi connectivity index (χ3v) is 8.14. The second kappa shape index (κ2) is 8.93. The van der Waals surface area contributed by atoms with Gasteiger partial charge < -0.3 is 15.4 Å². The zero-order valence-electron chi connectivity index (χ0n) is 17.1. The Kier molecular flexibility index (Phi) is 6.29. The van der Waals surface area contributed by atoms with Gasteiger partial charge in [0, 0.05) is 25.0 Å². The number of benzene rings is 1. The lowest BCUT2D eigenvalue weighted by Gasteiger charge is -2.31. The number of carbonyl (C=O) groups excluding carboxylic acids is 2. The van der Waals surface area contributed by atoms with Crippen molar-refractivity contribution in [3.63, 3.8) is 0 Å². The van der Waals surface area contributed by atoms with Gasteiger partial charge in [0.2, 0.25) is 15.9 Å². The lowest BCUT2D eigenvalue weighted by molar-refractivity contribution is -0.127. The predicted molar refractivity (Wildman–Crippen MR) is 112 cm³/mol. The Morgan fingerprint density at radius 2 is 1.77 bits per heavy atom. The minimum Gasteiger partial charge on any atom is -0.482 e. The van der Waals surface area contributed by atoms with Gasteiger partial charge in [-0.2, -0.15) is 4.31 Å². The molecule has 9 heteroatoms. The molecule has 0 radical (unpaired) electrons. The largest absolute Gasteiger partial charge is 0.482 e. The molecule has 0 unspecified atom stereocenters. The molecule has 1 aromatic carbocycles. The fourth-order valence-corrected chi connectivity index (χ4v) is 5.97. The van der Waals surface area contributed by atoms with E-state index in [1.54, 1.807) is 6.07 Å². The van der Waals surface area contributed by atoms with Gasteiger partial charge in [-0.1, -0.05) is 25.7 Å². The molecule has 0 bridgehead atoms. The van der Waals surface area contributed by atoms with Crippen LogP contribution in [0.5, 0.6) is 5.75 Å². The Balaban J connectivity index is 1.36. The number of hydrogen-bond donors (Lipinski definition) is 2. The van der Waals surface area contributed by atoms with E-state index in [9.17, 15) is 18.0 Å². The van der Waals surface area contributed by atoms with Gasteiger partial charge in [0.05, 0.1) is 10.6 Å². The first-order chi connectivity index (χ1) is 14.4. The summed E-state index contributed by atoms with van der Waals surface area (Å²) >= 11 is 0. The molecule has 30 heavy (non-hydrogen) atoms. The molecule has 1 aliphatic carbocycles. The van der Waals surface area contributed by atoms with Crippen LogP contribution in [0.15, 0.2) is 23.1 Å². The van der Waals surface area contributed by atoms with Gasteiger partial charge in [0.15, 0.2) is 6.61 Å². The maximum Gasteiger partial charge on any atom is 0.262 e. The van der Waals surface area contributed by atoms with E-state index in [0.717, 1.165) is 25.7 Å². The fraction of sp³-hybridized carbons (Fsp3) is 0.619. The van der Waals surface area contributed by atoms with Crippen LogP contribution in [0, 0.1) is 5.92 Å². The van der Waals surface area contributed by atoms with Crippen molar-refractivity contribution in [3.05, 3.63) is 18.2 Å².